The fraction of sp³-hybridized carbons (Fsp3) is 0.846. The summed E-state index contributed by atoms with van der Waals surface area (Å²) in [5, 5.41) is 9.32. The molecule has 0 spiro atoms. The second-order valence-corrected chi connectivity index (χ2v) is 4.68. The molecule has 0 bridgehead atoms. The van der Waals surface area contributed by atoms with Crippen LogP contribution in [-0.2, 0) is 14.3 Å². The molecule has 1 rings (SSSR count). The highest BCUT2D eigenvalue weighted by molar-refractivity contribution is 5.96. The van der Waals surface area contributed by atoms with Gasteiger partial charge in [-0.2, -0.15) is 0 Å². The number of Topliss-reactive ketones (excluding diaryl/α,β-unsaturated/α-hetero) is 1. The Morgan fingerprint density at radius 1 is 1.33 bits per heavy atom. The van der Waals surface area contributed by atoms with E-state index in [1.165, 1.54) is 0 Å². The number of likely N-dealkylation sites (tertiary alicyclic amines) is 1. The van der Waals surface area contributed by atoms with Crippen LogP contribution in [-0.4, -0.2) is 54.1 Å². The smallest absolute Gasteiger partial charge is 0.313 e. The monoisotopic (exact) mass is 257 g/mol. The molecule has 0 aliphatic carbocycles. The minimum Gasteiger partial charge on any atom is -0.466 e. The van der Waals surface area contributed by atoms with Crippen molar-refractivity contribution >= 4 is 11.8 Å². The first-order valence-electron chi connectivity index (χ1n) is 6.69. The van der Waals surface area contributed by atoms with Gasteiger partial charge in [-0.15, -0.1) is 0 Å². The molecule has 1 heterocycles. The molecule has 1 aliphatic rings. The summed E-state index contributed by atoms with van der Waals surface area (Å²) in [5.74, 6) is -0.591. The standard InChI is InChI=1S/C13H23NO4/c1-2-18-13(17)8-12(16)9-14-7-5-3-4-6-11(14)10-15/h11,15H,2-10H2,1H3. The number of rotatable bonds is 6. The molecule has 1 unspecified atom stereocenters. The predicted octanol–water partition coefficient (Wildman–Crippen LogP) is 0.746. The SMILES string of the molecule is CCOC(=O)CC(=O)CN1CCCCCC1CO. The molecule has 5 nitrogen and oxygen atoms in total. The van der Waals surface area contributed by atoms with Crippen LogP contribution in [0.5, 0.6) is 0 Å². The van der Waals surface area contributed by atoms with Crippen molar-refractivity contribution in [2.75, 3.05) is 26.3 Å². The van der Waals surface area contributed by atoms with Crippen molar-refractivity contribution in [1.82, 2.24) is 4.90 Å². The molecular weight excluding hydrogens is 234 g/mol. The van der Waals surface area contributed by atoms with Crippen LogP contribution in [0.25, 0.3) is 0 Å². The van der Waals surface area contributed by atoms with Crippen molar-refractivity contribution in [2.45, 2.75) is 45.1 Å². The van der Waals surface area contributed by atoms with Crippen LogP contribution in [0, 0.1) is 0 Å². The fourth-order valence-electron chi connectivity index (χ4n) is 2.31. The number of hydrogen-bond acceptors (Lipinski definition) is 5. The number of nitrogens with zero attached hydrogens (tertiary/aromatic N) is 1. The van der Waals surface area contributed by atoms with Crippen molar-refractivity contribution in [2.24, 2.45) is 0 Å². The second kappa shape index (κ2) is 8.21. The number of hydrogen-bond donors (Lipinski definition) is 1. The second-order valence-electron chi connectivity index (χ2n) is 4.68. The van der Waals surface area contributed by atoms with Gasteiger partial charge in [0.2, 0.25) is 0 Å². The van der Waals surface area contributed by atoms with Gasteiger partial charge in [-0.25, -0.2) is 0 Å². The molecule has 104 valence electrons. The Morgan fingerprint density at radius 2 is 2.11 bits per heavy atom. The Balaban J connectivity index is 2.42. The number of carbonyl (C=O) groups is 2. The minimum absolute atomic E-state index is 0.0543. The zero-order valence-electron chi connectivity index (χ0n) is 11.1. The van der Waals surface area contributed by atoms with Crippen LogP contribution >= 0.6 is 0 Å². The van der Waals surface area contributed by atoms with Crippen LogP contribution in [0.2, 0.25) is 0 Å². The third kappa shape index (κ3) is 5.14. The Morgan fingerprint density at radius 3 is 2.78 bits per heavy atom. The molecule has 18 heavy (non-hydrogen) atoms. The maximum Gasteiger partial charge on any atom is 0.313 e. The molecule has 0 amide bonds. The number of aliphatic hydroxyl groups excluding tert-OH is 1. The van der Waals surface area contributed by atoms with Crippen molar-refractivity contribution in [1.29, 1.82) is 0 Å². The van der Waals surface area contributed by atoms with Crippen LogP contribution in [0.15, 0.2) is 0 Å². The van der Waals surface area contributed by atoms with E-state index < -0.39 is 5.97 Å². The van der Waals surface area contributed by atoms with Gasteiger partial charge in [0.15, 0.2) is 5.78 Å². The van der Waals surface area contributed by atoms with Gasteiger partial charge in [-0.05, 0) is 26.3 Å². The Hall–Kier alpha value is -0.940. The minimum atomic E-state index is -0.460. The molecule has 5 heteroatoms. The lowest BCUT2D eigenvalue weighted by Crippen LogP contribution is -2.41. The highest BCUT2D eigenvalue weighted by atomic mass is 16.5. The maximum absolute atomic E-state index is 11.7. The number of esters is 1. The summed E-state index contributed by atoms with van der Waals surface area (Å²) in [6.45, 7) is 3.16. The Kier molecular flexibility index (Phi) is 6.90. The van der Waals surface area contributed by atoms with Gasteiger partial charge < -0.3 is 9.84 Å². The molecular formula is C13H23NO4. The predicted molar refractivity (Wildman–Crippen MR) is 67.2 cm³/mol. The lowest BCUT2D eigenvalue weighted by Gasteiger charge is -2.27. The summed E-state index contributed by atoms with van der Waals surface area (Å²) in [6.07, 6.45) is 4.03. The largest absolute Gasteiger partial charge is 0.466 e. The number of ketones is 1. The van der Waals surface area contributed by atoms with Crippen molar-refractivity contribution in [3.63, 3.8) is 0 Å². The summed E-state index contributed by atoms with van der Waals surface area (Å²) in [7, 11) is 0. The van der Waals surface area contributed by atoms with Crippen LogP contribution < -0.4 is 0 Å². The normalized spacial score (nSPS) is 21.3. The average Bonchev–Trinajstić information content (AvgIpc) is 2.54. The first kappa shape index (κ1) is 15.1. The highest BCUT2D eigenvalue weighted by Crippen LogP contribution is 2.16. The summed E-state index contributed by atoms with van der Waals surface area (Å²) < 4.78 is 4.75. The van der Waals surface area contributed by atoms with Crippen LogP contribution in [0.3, 0.4) is 0 Å². The van der Waals surface area contributed by atoms with E-state index in [-0.39, 0.29) is 31.4 Å². The van der Waals surface area contributed by atoms with E-state index in [1.807, 2.05) is 4.90 Å². The first-order chi connectivity index (χ1) is 8.67. The zero-order chi connectivity index (χ0) is 13.4. The average molecular weight is 257 g/mol. The summed E-state index contributed by atoms with van der Waals surface area (Å²) in [6, 6.07) is 0.0543. The summed E-state index contributed by atoms with van der Waals surface area (Å²) >= 11 is 0. The first-order valence-corrected chi connectivity index (χ1v) is 6.69. The Bertz CT molecular complexity index is 280. The van der Waals surface area contributed by atoms with Gasteiger partial charge >= 0.3 is 5.97 Å². The van der Waals surface area contributed by atoms with Gasteiger partial charge in [0.25, 0.3) is 0 Å². The zero-order valence-corrected chi connectivity index (χ0v) is 11.1. The highest BCUT2D eigenvalue weighted by Gasteiger charge is 2.23. The van der Waals surface area contributed by atoms with Crippen LogP contribution in [0.1, 0.15) is 39.0 Å². The lowest BCUT2D eigenvalue weighted by atomic mass is 10.1. The topological polar surface area (TPSA) is 66.8 Å². The van der Waals surface area contributed by atoms with Crippen LogP contribution in [0.4, 0.5) is 0 Å². The molecule has 0 saturated carbocycles. The summed E-state index contributed by atoms with van der Waals surface area (Å²) in [5.41, 5.74) is 0. The van der Waals surface area contributed by atoms with Gasteiger partial charge in [0.1, 0.15) is 6.42 Å². The van der Waals surface area contributed by atoms with E-state index in [0.29, 0.717) is 6.61 Å². The van der Waals surface area contributed by atoms with Gasteiger partial charge in [0, 0.05) is 6.04 Å². The Labute approximate surface area is 108 Å². The number of ether oxygens (including phenoxy) is 1. The quantitative estimate of drug-likeness (QED) is 0.561. The molecule has 0 radical (unpaired) electrons. The van der Waals surface area contributed by atoms with E-state index in [4.69, 9.17) is 4.74 Å². The van der Waals surface area contributed by atoms with Crippen molar-refractivity contribution in [3.05, 3.63) is 0 Å². The molecule has 1 atom stereocenters. The van der Waals surface area contributed by atoms with E-state index in [2.05, 4.69) is 0 Å². The van der Waals surface area contributed by atoms with Crippen molar-refractivity contribution in [3.8, 4) is 0 Å². The van der Waals surface area contributed by atoms with Gasteiger partial charge in [-0.1, -0.05) is 12.8 Å². The fourth-order valence-corrected chi connectivity index (χ4v) is 2.31. The molecule has 0 aromatic heterocycles. The molecule has 0 aromatic rings. The molecule has 0 aromatic carbocycles. The lowest BCUT2D eigenvalue weighted by molar-refractivity contribution is -0.145. The van der Waals surface area contributed by atoms with E-state index in [9.17, 15) is 14.7 Å². The molecule has 1 saturated heterocycles. The molecule has 1 fully saturated rings. The maximum atomic E-state index is 11.7. The van der Waals surface area contributed by atoms with E-state index in [0.717, 1.165) is 32.2 Å². The summed E-state index contributed by atoms with van der Waals surface area (Å²) in [4.78, 5) is 24.9. The molecule has 1 N–H and O–H groups in total. The van der Waals surface area contributed by atoms with Crippen molar-refractivity contribution < 1.29 is 19.4 Å². The third-order valence-electron chi connectivity index (χ3n) is 3.24. The van der Waals surface area contributed by atoms with Gasteiger partial charge in [-0.3, -0.25) is 14.5 Å². The molecule has 1 aliphatic heterocycles. The van der Waals surface area contributed by atoms with E-state index >= 15 is 0 Å². The van der Waals surface area contributed by atoms with E-state index in [1.54, 1.807) is 6.92 Å². The number of aliphatic hydroxyl groups is 1. The van der Waals surface area contributed by atoms with Gasteiger partial charge in [0.05, 0.1) is 19.8 Å². The third-order valence-corrected chi connectivity index (χ3v) is 3.24. The number of carbonyl (C=O) groups excluding carboxylic acids is 2.